The van der Waals surface area contributed by atoms with Crippen LogP contribution < -0.4 is 5.73 Å². The highest BCUT2D eigenvalue weighted by Crippen LogP contribution is 2.41. The molecule has 0 aliphatic heterocycles. The molecule has 2 rings (SSSR count). The van der Waals surface area contributed by atoms with Gasteiger partial charge in [-0.1, -0.05) is 29.3 Å². The third-order valence-corrected chi connectivity index (χ3v) is 4.84. The summed E-state index contributed by atoms with van der Waals surface area (Å²) in [7, 11) is 0. The SMILES string of the molecule is NCC(c1ccc(Cl)cc1Cl)C(O)C1CCC(F)(F)CC1. The second kappa shape index (κ2) is 6.78. The molecule has 1 saturated carbocycles. The molecule has 6 heteroatoms. The molecule has 2 nitrogen and oxygen atoms in total. The maximum Gasteiger partial charge on any atom is 0.248 e. The Hall–Kier alpha value is -0.420. The molecule has 1 aromatic carbocycles. The maximum atomic E-state index is 13.2. The van der Waals surface area contributed by atoms with E-state index in [0.717, 1.165) is 0 Å². The molecule has 0 spiro atoms. The van der Waals surface area contributed by atoms with Crippen molar-refractivity contribution < 1.29 is 13.9 Å². The lowest BCUT2D eigenvalue weighted by atomic mass is 9.77. The summed E-state index contributed by atoms with van der Waals surface area (Å²) in [5.41, 5.74) is 6.49. The minimum absolute atomic E-state index is 0.176. The lowest BCUT2D eigenvalue weighted by Crippen LogP contribution is -2.37. The number of hydrogen-bond donors (Lipinski definition) is 2. The average Bonchev–Trinajstić information content (AvgIpc) is 2.41. The summed E-state index contributed by atoms with van der Waals surface area (Å²) in [6.45, 7) is 0.204. The van der Waals surface area contributed by atoms with E-state index in [1.165, 1.54) is 0 Å². The predicted octanol–water partition coefficient (Wildman–Crippen LogP) is 4.22. The van der Waals surface area contributed by atoms with E-state index in [0.29, 0.717) is 28.5 Å². The molecule has 1 aliphatic rings. The molecule has 1 aliphatic carbocycles. The first-order valence-electron chi connectivity index (χ1n) is 7.05. The quantitative estimate of drug-likeness (QED) is 0.863. The van der Waals surface area contributed by atoms with Gasteiger partial charge in [0.25, 0.3) is 0 Å². The van der Waals surface area contributed by atoms with E-state index in [-0.39, 0.29) is 31.2 Å². The van der Waals surface area contributed by atoms with Gasteiger partial charge in [-0.2, -0.15) is 0 Å². The van der Waals surface area contributed by atoms with Gasteiger partial charge in [0.15, 0.2) is 0 Å². The van der Waals surface area contributed by atoms with Gasteiger partial charge in [-0.3, -0.25) is 0 Å². The van der Waals surface area contributed by atoms with Crippen molar-refractivity contribution in [3.05, 3.63) is 33.8 Å². The molecule has 0 heterocycles. The number of aliphatic hydroxyl groups excluding tert-OH is 1. The smallest absolute Gasteiger partial charge is 0.248 e. The van der Waals surface area contributed by atoms with Gasteiger partial charge >= 0.3 is 0 Å². The van der Waals surface area contributed by atoms with Crippen LogP contribution in [0.2, 0.25) is 10.0 Å². The predicted molar refractivity (Wildman–Crippen MR) is 81.2 cm³/mol. The van der Waals surface area contributed by atoms with Crippen molar-refractivity contribution in [1.29, 1.82) is 0 Å². The first-order chi connectivity index (χ1) is 9.84. The van der Waals surface area contributed by atoms with Crippen molar-refractivity contribution in [3.8, 4) is 0 Å². The normalized spacial score (nSPS) is 22.0. The largest absolute Gasteiger partial charge is 0.392 e. The molecule has 1 aromatic rings. The van der Waals surface area contributed by atoms with Crippen molar-refractivity contribution in [3.63, 3.8) is 0 Å². The number of halogens is 4. The van der Waals surface area contributed by atoms with Crippen LogP contribution in [-0.4, -0.2) is 23.7 Å². The second-order valence-corrected chi connectivity index (χ2v) is 6.54. The van der Waals surface area contributed by atoms with Gasteiger partial charge in [-0.15, -0.1) is 0 Å². The summed E-state index contributed by atoms with van der Waals surface area (Å²) < 4.78 is 26.4. The lowest BCUT2D eigenvalue weighted by molar-refractivity contribution is -0.0651. The van der Waals surface area contributed by atoms with E-state index in [9.17, 15) is 13.9 Å². The standard InChI is InChI=1S/C15H19Cl2F2NO/c16-10-1-2-11(13(17)7-10)12(8-20)14(21)9-3-5-15(18,19)6-4-9/h1-2,7,9,12,14,21H,3-6,8,20H2. The molecular formula is C15H19Cl2F2NO. The van der Waals surface area contributed by atoms with Crippen LogP contribution >= 0.6 is 23.2 Å². The fraction of sp³-hybridized carbons (Fsp3) is 0.600. The summed E-state index contributed by atoms with van der Waals surface area (Å²) in [5.74, 6) is -3.15. The molecule has 2 unspecified atom stereocenters. The molecule has 21 heavy (non-hydrogen) atoms. The van der Waals surface area contributed by atoms with Crippen LogP contribution in [0, 0.1) is 5.92 Å². The summed E-state index contributed by atoms with van der Waals surface area (Å²) >= 11 is 12.0. The monoisotopic (exact) mass is 337 g/mol. The van der Waals surface area contributed by atoms with Crippen LogP contribution in [0.5, 0.6) is 0 Å². The fourth-order valence-electron chi connectivity index (χ4n) is 2.99. The van der Waals surface area contributed by atoms with Crippen molar-refractivity contribution in [1.82, 2.24) is 0 Å². The van der Waals surface area contributed by atoms with Crippen molar-refractivity contribution in [2.45, 2.75) is 43.6 Å². The van der Waals surface area contributed by atoms with Gasteiger partial charge in [0, 0.05) is 35.3 Å². The Balaban J connectivity index is 2.13. The summed E-state index contributed by atoms with van der Waals surface area (Å²) in [6.07, 6.45) is -0.531. The minimum Gasteiger partial charge on any atom is -0.392 e. The van der Waals surface area contributed by atoms with Crippen LogP contribution in [0.1, 0.15) is 37.2 Å². The van der Waals surface area contributed by atoms with E-state index < -0.39 is 12.0 Å². The number of hydrogen-bond acceptors (Lipinski definition) is 2. The molecule has 0 radical (unpaired) electrons. The molecule has 0 aromatic heterocycles. The summed E-state index contributed by atoms with van der Waals surface area (Å²) in [6, 6.07) is 5.03. The highest BCUT2D eigenvalue weighted by molar-refractivity contribution is 6.35. The highest BCUT2D eigenvalue weighted by atomic mass is 35.5. The Morgan fingerprint density at radius 3 is 2.43 bits per heavy atom. The number of nitrogens with two attached hydrogens (primary N) is 1. The van der Waals surface area contributed by atoms with Gasteiger partial charge in [0.2, 0.25) is 5.92 Å². The molecule has 3 N–H and O–H groups in total. The lowest BCUT2D eigenvalue weighted by Gasteiger charge is -2.35. The zero-order valence-corrected chi connectivity index (χ0v) is 13.0. The van der Waals surface area contributed by atoms with E-state index in [4.69, 9.17) is 28.9 Å². The van der Waals surface area contributed by atoms with Crippen molar-refractivity contribution in [2.24, 2.45) is 11.7 Å². The van der Waals surface area contributed by atoms with Crippen molar-refractivity contribution >= 4 is 23.2 Å². The van der Waals surface area contributed by atoms with Crippen LogP contribution in [0.3, 0.4) is 0 Å². The van der Waals surface area contributed by atoms with Gasteiger partial charge < -0.3 is 10.8 Å². The molecule has 0 amide bonds. The van der Waals surface area contributed by atoms with Crippen LogP contribution in [0.15, 0.2) is 18.2 Å². The molecule has 2 atom stereocenters. The zero-order chi connectivity index (χ0) is 15.6. The first-order valence-corrected chi connectivity index (χ1v) is 7.80. The molecule has 0 saturated heterocycles. The number of benzene rings is 1. The maximum absolute atomic E-state index is 13.2. The van der Waals surface area contributed by atoms with E-state index >= 15 is 0 Å². The highest BCUT2D eigenvalue weighted by Gasteiger charge is 2.39. The van der Waals surface area contributed by atoms with Gasteiger partial charge in [0.1, 0.15) is 0 Å². The van der Waals surface area contributed by atoms with Crippen LogP contribution in [0.4, 0.5) is 8.78 Å². The van der Waals surface area contributed by atoms with E-state index in [1.807, 2.05) is 0 Å². The summed E-state index contributed by atoms with van der Waals surface area (Å²) in [5, 5.41) is 11.5. The van der Waals surface area contributed by atoms with Crippen LogP contribution in [-0.2, 0) is 0 Å². The van der Waals surface area contributed by atoms with Crippen LogP contribution in [0.25, 0.3) is 0 Å². The molecule has 118 valence electrons. The summed E-state index contributed by atoms with van der Waals surface area (Å²) in [4.78, 5) is 0. The third kappa shape index (κ3) is 4.07. The third-order valence-electron chi connectivity index (χ3n) is 4.27. The van der Waals surface area contributed by atoms with E-state index in [2.05, 4.69) is 0 Å². The number of alkyl halides is 2. The van der Waals surface area contributed by atoms with Gasteiger partial charge in [0.05, 0.1) is 6.10 Å². The van der Waals surface area contributed by atoms with E-state index in [1.54, 1.807) is 18.2 Å². The number of rotatable bonds is 4. The topological polar surface area (TPSA) is 46.2 Å². The Bertz CT molecular complexity index is 489. The molecule has 1 fully saturated rings. The second-order valence-electron chi connectivity index (χ2n) is 5.69. The first kappa shape index (κ1) is 16.9. The molecular weight excluding hydrogens is 319 g/mol. The Labute approximate surface area is 133 Å². The Morgan fingerprint density at radius 1 is 1.29 bits per heavy atom. The van der Waals surface area contributed by atoms with Gasteiger partial charge in [-0.25, -0.2) is 8.78 Å². The van der Waals surface area contributed by atoms with Crippen molar-refractivity contribution in [2.75, 3.05) is 6.54 Å². The Morgan fingerprint density at radius 2 is 1.90 bits per heavy atom. The average molecular weight is 338 g/mol. The Kier molecular flexibility index (Phi) is 5.47. The number of aliphatic hydroxyl groups is 1. The molecule has 0 bridgehead atoms. The fourth-order valence-corrected chi connectivity index (χ4v) is 3.53. The minimum atomic E-state index is -2.60. The zero-order valence-electron chi connectivity index (χ0n) is 11.5. The van der Waals surface area contributed by atoms with Gasteiger partial charge in [-0.05, 0) is 36.5 Å².